The Labute approximate surface area is 106 Å². The molecule has 1 aromatic heterocycles. The first-order valence-electron chi connectivity index (χ1n) is 5.99. The van der Waals surface area contributed by atoms with Gasteiger partial charge in [0.2, 0.25) is 0 Å². The summed E-state index contributed by atoms with van der Waals surface area (Å²) in [5, 5.41) is 5.45. The Balaban J connectivity index is 2.61. The largest absolute Gasteiger partial charge is 0.496 e. The molecule has 0 aliphatic heterocycles. The van der Waals surface area contributed by atoms with Crippen molar-refractivity contribution in [2.75, 3.05) is 7.11 Å². The molecule has 0 aliphatic carbocycles. The fourth-order valence-corrected chi connectivity index (χ4v) is 2.09. The number of rotatable bonds is 3. The molecule has 4 nitrogen and oxygen atoms in total. The Kier molecular flexibility index (Phi) is 3.28. The summed E-state index contributed by atoms with van der Waals surface area (Å²) in [6.07, 6.45) is 0. The fourth-order valence-electron chi connectivity index (χ4n) is 2.09. The van der Waals surface area contributed by atoms with Crippen LogP contribution in [0.3, 0.4) is 0 Å². The van der Waals surface area contributed by atoms with E-state index in [0.717, 1.165) is 28.1 Å². The van der Waals surface area contributed by atoms with Gasteiger partial charge < -0.3 is 4.74 Å². The quantitative estimate of drug-likeness (QED) is 0.874. The Bertz CT molecular complexity index is 608. The lowest BCUT2D eigenvalue weighted by Crippen LogP contribution is -1.97. The van der Waals surface area contributed by atoms with E-state index in [1.54, 1.807) is 13.2 Å². The second kappa shape index (κ2) is 4.72. The van der Waals surface area contributed by atoms with E-state index < -0.39 is 0 Å². The average molecular weight is 246 g/mol. The van der Waals surface area contributed by atoms with Crippen molar-refractivity contribution in [2.24, 2.45) is 0 Å². The summed E-state index contributed by atoms with van der Waals surface area (Å²) < 4.78 is 5.40. The maximum atomic E-state index is 11.2. The number of hydrogen-bond donors (Lipinski definition) is 2. The average Bonchev–Trinajstić information content (AvgIpc) is 2.74. The molecule has 0 fully saturated rings. The van der Waals surface area contributed by atoms with Crippen LogP contribution in [0.2, 0.25) is 0 Å². The zero-order valence-electron chi connectivity index (χ0n) is 11.1. The van der Waals surface area contributed by atoms with Crippen molar-refractivity contribution >= 4 is 0 Å². The number of ether oxygens (including phenoxy) is 1. The molecule has 1 heterocycles. The Hall–Kier alpha value is -1.97. The topological polar surface area (TPSA) is 57.9 Å². The molecular formula is C14H18N2O2. The standard InChI is InChI=1S/C14H18N2O2/c1-8(2)10-6-11(9(3)5-13(10)18-4)12-7-14(17)16-15-12/h5-8H,1-4H3,(H2,15,16,17). The zero-order valence-corrected chi connectivity index (χ0v) is 11.1. The summed E-state index contributed by atoms with van der Waals surface area (Å²) in [5.41, 5.74) is 3.93. The summed E-state index contributed by atoms with van der Waals surface area (Å²) in [4.78, 5) is 11.2. The van der Waals surface area contributed by atoms with Gasteiger partial charge in [-0.3, -0.25) is 15.0 Å². The van der Waals surface area contributed by atoms with Crippen LogP contribution in [0.4, 0.5) is 0 Å². The number of benzene rings is 1. The third kappa shape index (κ3) is 2.18. The first kappa shape index (κ1) is 12.5. The zero-order chi connectivity index (χ0) is 13.3. The van der Waals surface area contributed by atoms with Crippen LogP contribution in [0.15, 0.2) is 23.0 Å². The van der Waals surface area contributed by atoms with E-state index in [2.05, 4.69) is 30.1 Å². The fraction of sp³-hybridized carbons (Fsp3) is 0.357. The highest BCUT2D eigenvalue weighted by molar-refractivity contribution is 5.66. The molecule has 1 aromatic carbocycles. The van der Waals surface area contributed by atoms with Crippen LogP contribution < -0.4 is 10.3 Å². The van der Waals surface area contributed by atoms with E-state index >= 15 is 0 Å². The Morgan fingerprint density at radius 3 is 2.39 bits per heavy atom. The number of hydrogen-bond acceptors (Lipinski definition) is 2. The maximum absolute atomic E-state index is 11.2. The van der Waals surface area contributed by atoms with Crippen molar-refractivity contribution in [2.45, 2.75) is 26.7 Å². The molecule has 0 saturated carbocycles. The van der Waals surface area contributed by atoms with Gasteiger partial charge in [-0.15, -0.1) is 0 Å². The van der Waals surface area contributed by atoms with Crippen molar-refractivity contribution < 1.29 is 4.74 Å². The molecule has 4 heteroatoms. The molecule has 2 rings (SSSR count). The van der Waals surface area contributed by atoms with E-state index in [0.29, 0.717) is 5.92 Å². The van der Waals surface area contributed by atoms with Crippen LogP contribution in [0.5, 0.6) is 5.75 Å². The van der Waals surface area contributed by atoms with Gasteiger partial charge >= 0.3 is 0 Å². The van der Waals surface area contributed by atoms with Crippen molar-refractivity contribution in [3.63, 3.8) is 0 Å². The summed E-state index contributed by atoms with van der Waals surface area (Å²) in [6.45, 7) is 6.25. The van der Waals surface area contributed by atoms with Crippen LogP contribution in [0.1, 0.15) is 30.9 Å². The molecule has 0 bridgehead atoms. The van der Waals surface area contributed by atoms with Crippen molar-refractivity contribution in [1.82, 2.24) is 10.2 Å². The minimum atomic E-state index is -0.119. The van der Waals surface area contributed by atoms with Gasteiger partial charge in [0.25, 0.3) is 5.56 Å². The van der Waals surface area contributed by atoms with E-state index in [9.17, 15) is 4.79 Å². The highest BCUT2D eigenvalue weighted by Gasteiger charge is 2.13. The Morgan fingerprint density at radius 2 is 1.89 bits per heavy atom. The van der Waals surface area contributed by atoms with Gasteiger partial charge in [0.15, 0.2) is 0 Å². The molecule has 0 saturated heterocycles. The van der Waals surface area contributed by atoms with Crippen molar-refractivity contribution in [3.05, 3.63) is 39.7 Å². The van der Waals surface area contributed by atoms with Gasteiger partial charge in [0.1, 0.15) is 5.75 Å². The minimum Gasteiger partial charge on any atom is -0.496 e. The predicted molar refractivity (Wildman–Crippen MR) is 72.2 cm³/mol. The normalized spacial score (nSPS) is 10.9. The molecule has 0 radical (unpaired) electrons. The van der Waals surface area contributed by atoms with E-state index in [-0.39, 0.29) is 5.56 Å². The van der Waals surface area contributed by atoms with Crippen molar-refractivity contribution in [3.8, 4) is 17.0 Å². The van der Waals surface area contributed by atoms with Crippen LogP contribution in [-0.4, -0.2) is 17.3 Å². The van der Waals surface area contributed by atoms with Gasteiger partial charge in [0.05, 0.1) is 12.8 Å². The first-order valence-corrected chi connectivity index (χ1v) is 5.99. The summed E-state index contributed by atoms with van der Waals surface area (Å²) in [6, 6.07) is 5.66. The smallest absolute Gasteiger partial charge is 0.264 e. The number of nitrogens with one attached hydrogen (secondary N) is 2. The minimum absolute atomic E-state index is 0.119. The lowest BCUT2D eigenvalue weighted by Gasteiger charge is -2.15. The molecular weight excluding hydrogens is 228 g/mol. The van der Waals surface area contributed by atoms with Gasteiger partial charge in [-0.25, -0.2) is 0 Å². The maximum Gasteiger partial charge on any atom is 0.264 e. The lowest BCUT2D eigenvalue weighted by atomic mass is 9.95. The summed E-state index contributed by atoms with van der Waals surface area (Å²) in [7, 11) is 1.68. The SMILES string of the molecule is COc1cc(C)c(-c2cc(=O)[nH][nH]2)cc1C(C)C. The first-order chi connectivity index (χ1) is 8.52. The molecule has 2 aromatic rings. The third-order valence-electron chi connectivity index (χ3n) is 3.08. The Morgan fingerprint density at radius 1 is 1.17 bits per heavy atom. The van der Waals surface area contributed by atoms with Crippen LogP contribution in [-0.2, 0) is 0 Å². The third-order valence-corrected chi connectivity index (χ3v) is 3.08. The molecule has 0 unspecified atom stereocenters. The van der Waals surface area contributed by atoms with Crippen LogP contribution in [0.25, 0.3) is 11.3 Å². The highest BCUT2D eigenvalue weighted by Crippen LogP contribution is 2.33. The van der Waals surface area contributed by atoms with E-state index in [1.165, 1.54) is 0 Å². The molecule has 0 aliphatic rings. The van der Waals surface area contributed by atoms with Gasteiger partial charge in [-0.1, -0.05) is 13.8 Å². The van der Waals surface area contributed by atoms with Crippen LogP contribution >= 0.6 is 0 Å². The lowest BCUT2D eigenvalue weighted by molar-refractivity contribution is 0.407. The van der Waals surface area contributed by atoms with E-state index in [1.807, 2.05) is 13.0 Å². The second-order valence-electron chi connectivity index (χ2n) is 4.74. The number of H-pyrrole nitrogens is 2. The molecule has 2 N–H and O–H groups in total. The number of aromatic nitrogens is 2. The molecule has 0 amide bonds. The van der Waals surface area contributed by atoms with Gasteiger partial charge in [-0.2, -0.15) is 0 Å². The van der Waals surface area contributed by atoms with Crippen LogP contribution in [0, 0.1) is 6.92 Å². The molecule has 0 atom stereocenters. The summed E-state index contributed by atoms with van der Waals surface area (Å²) in [5.74, 6) is 1.26. The van der Waals surface area contributed by atoms with Gasteiger partial charge in [0, 0.05) is 11.6 Å². The molecule has 0 spiro atoms. The summed E-state index contributed by atoms with van der Waals surface area (Å²) >= 11 is 0. The van der Waals surface area contributed by atoms with E-state index in [4.69, 9.17) is 4.74 Å². The predicted octanol–water partition coefficient (Wildman–Crippen LogP) is 2.81. The monoisotopic (exact) mass is 246 g/mol. The number of aryl methyl sites for hydroxylation is 1. The highest BCUT2D eigenvalue weighted by atomic mass is 16.5. The molecule has 96 valence electrons. The number of methoxy groups -OCH3 is 1. The second-order valence-corrected chi connectivity index (χ2v) is 4.74. The van der Waals surface area contributed by atoms with Crippen molar-refractivity contribution in [1.29, 1.82) is 0 Å². The number of aromatic amines is 2. The van der Waals surface area contributed by atoms with Gasteiger partial charge in [-0.05, 0) is 36.1 Å². The molecule has 18 heavy (non-hydrogen) atoms.